The molecule has 86 valence electrons. The van der Waals surface area contributed by atoms with E-state index in [1.807, 2.05) is 31.2 Å². The fourth-order valence-electron chi connectivity index (χ4n) is 1.43. The second-order valence-electron chi connectivity index (χ2n) is 3.72. The van der Waals surface area contributed by atoms with E-state index in [9.17, 15) is 0 Å². The van der Waals surface area contributed by atoms with Gasteiger partial charge in [0.2, 0.25) is 0 Å². The van der Waals surface area contributed by atoms with Gasteiger partial charge in [-0.3, -0.25) is 0 Å². The number of unbranched alkanes of at least 4 members (excludes halogenated alkanes) is 3. The van der Waals surface area contributed by atoms with E-state index in [1.54, 1.807) is 0 Å². The summed E-state index contributed by atoms with van der Waals surface area (Å²) in [7, 11) is 0. The summed E-state index contributed by atoms with van der Waals surface area (Å²) in [6.45, 7) is 4.91. The van der Waals surface area contributed by atoms with E-state index in [-0.39, 0.29) is 0 Å². The van der Waals surface area contributed by atoms with Gasteiger partial charge in [0.15, 0.2) is 0 Å². The predicted octanol–water partition coefficient (Wildman–Crippen LogP) is 4.02. The Morgan fingerprint density at radius 3 is 2.44 bits per heavy atom. The van der Waals surface area contributed by atoms with Crippen molar-refractivity contribution in [3.8, 4) is 17.6 Å². The number of hydrogen-bond donors (Lipinski definition) is 0. The van der Waals surface area contributed by atoms with Crippen LogP contribution in [0.1, 0.15) is 45.1 Å². The Hall–Kier alpha value is -1.42. The Bertz CT molecular complexity index is 340. The maximum Gasteiger partial charge on any atom is 0.119 e. The minimum absolute atomic E-state index is 0.710. The molecule has 0 atom stereocenters. The largest absolute Gasteiger partial charge is 0.494 e. The number of benzene rings is 1. The van der Waals surface area contributed by atoms with E-state index in [0.29, 0.717) is 6.61 Å². The average molecular weight is 216 g/mol. The molecule has 0 heterocycles. The second-order valence-corrected chi connectivity index (χ2v) is 3.72. The molecule has 0 unspecified atom stereocenters. The summed E-state index contributed by atoms with van der Waals surface area (Å²) in [6, 6.07) is 7.97. The number of rotatable bonds is 5. The first kappa shape index (κ1) is 12.6. The first-order chi connectivity index (χ1) is 7.86. The van der Waals surface area contributed by atoms with Crippen LogP contribution in [0.15, 0.2) is 24.3 Å². The van der Waals surface area contributed by atoms with E-state index in [4.69, 9.17) is 4.74 Å². The van der Waals surface area contributed by atoms with E-state index >= 15 is 0 Å². The van der Waals surface area contributed by atoms with E-state index < -0.39 is 0 Å². The van der Waals surface area contributed by atoms with Crippen molar-refractivity contribution in [2.75, 3.05) is 6.61 Å². The maximum atomic E-state index is 5.37. The molecular weight excluding hydrogens is 196 g/mol. The van der Waals surface area contributed by atoms with Crippen LogP contribution in [0.4, 0.5) is 0 Å². The Balaban J connectivity index is 2.41. The van der Waals surface area contributed by atoms with Crippen LogP contribution in [0, 0.1) is 11.8 Å². The highest BCUT2D eigenvalue weighted by atomic mass is 16.5. The van der Waals surface area contributed by atoms with Crippen LogP contribution in [0.25, 0.3) is 0 Å². The Morgan fingerprint density at radius 1 is 1.06 bits per heavy atom. The summed E-state index contributed by atoms with van der Waals surface area (Å²) in [5.41, 5.74) is 1.07. The molecule has 0 bridgehead atoms. The van der Waals surface area contributed by atoms with Crippen molar-refractivity contribution in [3.63, 3.8) is 0 Å². The first-order valence-electron chi connectivity index (χ1n) is 6.08. The van der Waals surface area contributed by atoms with E-state index in [2.05, 4.69) is 18.8 Å². The van der Waals surface area contributed by atoms with Crippen LogP contribution in [0.5, 0.6) is 5.75 Å². The van der Waals surface area contributed by atoms with Crippen molar-refractivity contribution in [3.05, 3.63) is 29.8 Å². The molecule has 0 spiro atoms. The lowest BCUT2D eigenvalue weighted by atomic mass is 10.2. The molecule has 0 aliphatic rings. The molecule has 0 saturated carbocycles. The molecule has 1 nitrogen and oxygen atoms in total. The van der Waals surface area contributed by atoms with Gasteiger partial charge >= 0.3 is 0 Å². The third-order valence-corrected chi connectivity index (χ3v) is 2.30. The summed E-state index contributed by atoms with van der Waals surface area (Å²) in [6.07, 6.45) is 4.74. The highest BCUT2D eigenvalue weighted by Gasteiger charge is 1.90. The maximum absolute atomic E-state index is 5.37. The lowest BCUT2D eigenvalue weighted by molar-refractivity contribution is 0.340. The normalized spacial score (nSPS) is 9.38. The molecule has 0 radical (unpaired) electrons. The summed E-state index contributed by atoms with van der Waals surface area (Å²) < 4.78 is 5.37. The number of hydrogen-bond acceptors (Lipinski definition) is 1. The molecule has 0 fully saturated rings. The molecule has 0 N–H and O–H groups in total. The fraction of sp³-hybridized carbons (Fsp3) is 0.467. The van der Waals surface area contributed by atoms with E-state index in [0.717, 1.165) is 17.7 Å². The van der Waals surface area contributed by atoms with Gasteiger partial charge in [-0.25, -0.2) is 0 Å². The lowest BCUT2D eigenvalue weighted by Gasteiger charge is -2.01. The van der Waals surface area contributed by atoms with Gasteiger partial charge < -0.3 is 4.74 Å². The first-order valence-corrected chi connectivity index (χ1v) is 6.08. The second kappa shape index (κ2) is 7.82. The van der Waals surface area contributed by atoms with Gasteiger partial charge in [-0.1, -0.05) is 31.6 Å². The molecule has 0 saturated heterocycles. The molecule has 16 heavy (non-hydrogen) atoms. The van der Waals surface area contributed by atoms with Crippen LogP contribution in [0.3, 0.4) is 0 Å². The minimum Gasteiger partial charge on any atom is -0.494 e. The quantitative estimate of drug-likeness (QED) is 0.533. The SMILES string of the molecule is CCCCCC#Cc1ccc(OCC)cc1. The third-order valence-electron chi connectivity index (χ3n) is 2.30. The molecule has 0 aliphatic heterocycles. The highest BCUT2D eigenvalue weighted by molar-refractivity contribution is 5.38. The molecule has 0 amide bonds. The fourth-order valence-corrected chi connectivity index (χ4v) is 1.43. The Labute approximate surface area is 98.8 Å². The molecule has 1 heteroatoms. The lowest BCUT2D eigenvalue weighted by Crippen LogP contribution is -1.90. The van der Waals surface area contributed by atoms with Crippen LogP contribution in [0.2, 0.25) is 0 Å². The summed E-state index contributed by atoms with van der Waals surface area (Å²) in [5, 5.41) is 0. The molecule has 1 rings (SSSR count). The zero-order valence-corrected chi connectivity index (χ0v) is 10.3. The topological polar surface area (TPSA) is 9.23 Å². The summed E-state index contributed by atoms with van der Waals surface area (Å²) in [5.74, 6) is 7.28. The van der Waals surface area contributed by atoms with Crippen molar-refractivity contribution in [2.45, 2.75) is 39.5 Å². The van der Waals surface area contributed by atoms with Gasteiger partial charge in [-0.15, -0.1) is 0 Å². The average Bonchev–Trinajstić information content (AvgIpc) is 2.31. The molecule has 0 aliphatic carbocycles. The van der Waals surface area contributed by atoms with Crippen LogP contribution in [-0.2, 0) is 0 Å². The van der Waals surface area contributed by atoms with Gasteiger partial charge in [0.1, 0.15) is 5.75 Å². The van der Waals surface area contributed by atoms with Gasteiger partial charge in [0, 0.05) is 12.0 Å². The van der Waals surface area contributed by atoms with Gasteiger partial charge in [0.05, 0.1) is 6.61 Å². The highest BCUT2D eigenvalue weighted by Crippen LogP contribution is 2.11. The zero-order valence-electron chi connectivity index (χ0n) is 10.3. The van der Waals surface area contributed by atoms with Crippen molar-refractivity contribution in [2.24, 2.45) is 0 Å². The van der Waals surface area contributed by atoms with Crippen LogP contribution < -0.4 is 4.74 Å². The summed E-state index contributed by atoms with van der Waals surface area (Å²) in [4.78, 5) is 0. The Kier molecular flexibility index (Phi) is 6.18. The van der Waals surface area contributed by atoms with Crippen LogP contribution >= 0.6 is 0 Å². The Morgan fingerprint density at radius 2 is 1.81 bits per heavy atom. The predicted molar refractivity (Wildman–Crippen MR) is 68.6 cm³/mol. The van der Waals surface area contributed by atoms with Gasteiger partial charge in [0.25, 0.3) is 0 Å². The van der Waals surface area contributed by atoms with Gasteiger partial charge in [-0.05, 0) is 37.6 Å². The molecule has 1 aromatic carbocycles. The van der Waals surface area contributed by atoms with Crippen molar-refractivity contribution in [1.29, 1.82) is 0 Å². The van der Waals surface area contributed by atoms with Crippen LogP contribution in [-0.4, -0.2) is 6.61 Å². The monoisotopic (exact) mass is 216 g/mol. The summed E-state index contributed by atoms with van der Waals surface area (Å²) >= 11 is 0. The minimum atomic E-state index is 0.710. The third kappa shape index (κ3) is 4.89. The molecular formula is C15H20O. The molecule has 1 aromatic rings. The van der Waals surface area contributed by atoms with Crippen molar-refractivity contribution in [1.82, 2.24) is 0 Å². The standard InChI is InChI=1S/C15H20O/c1-3-5-6-7-8-9-14-10-12-15(13-11-14)16-4-2/h10-13H,3-7H2,1-2H3. The number of ether oxygens (including phenoxy) is 1. The van der Waals surface area contributed by atoms with E-state index in [1.165, 1.54) is 19.3 Å². The van der Waals surface area contributed by atoms with Crippen molar-refractivity contribution >= 4 is 0 Å². The zero-order chi connectivity index (χ0) is 11.6. The molecule has 0 aromatic heterocycles. The van der Waals surface area contributed by atoms with Crippen molar-refractivity contribution < 1.29 is 4.74 Å². The van der Waals surface area contributed by atoms with Gasteiger partial charge in [-0.2, -0.15) is 0 Å². The smallest absolute Gasteiger partial charge is 0.119 e.